The number of nitrogens with zero attached hydrogens (tertiary/aromatic N) is 3. The summed E-state index contributed by atoms with van der Waals surface area (Å²) in [6.07, 6.45) is -3.23. The maximum atomic E-state index is 13.3. The molecule has 0 spiro atoms. The topological polar surface area (TPSA) is 128 Å². The summed E-state index contributed by atoms with van der Waals surface area (Å²) < 4.78 is 43.4. The average molecular weight is 398 g/mol. The minimum atomic E-state index is -2.99. The van der Waals surface area contributed by atoms with Gasteiger partial charge in [0.2, 0.25) is 5.91 Å². The third-order valence-electron chi connectivity index (χ3n) is 3.10. The zero-order chi connectivity index (χ0) is 19.8. The zero-order valence-corrected chi connectivity index (χ0v) is 14.4. The van der Waals surface area contributed by atoms with Crippen molar-refractivity contribution in [2.75, 3.05) is 17.6 Å². The highest BCUT2D eigenvalue weighted by Crippen LogP contribution is 2.26. The van der Waals surface area contributed by atoms with Crippen molar-refractivity contribution in [1.29, 1.82) is 10.7 Å². The molecule has 0 saturated carbocycles. The highest BCUT2D eigenvalue weighted by atomic mass is 32.2. The van der Waals surface area contributed by atoms with E-state index in [-0.39, 0.29) is 35.2 Å². The van der Waals surface area contributed by atoms with Crippen molar-refractivity contribution in [3.8, 4) is 6.07 Å². The number of nitrogens with one attached hydrogen (secondary N) is 3. The highest BCUT2D eigenvalue weighted by Gasteiger charge is 2.18. The first-order valence-electron chi connectivity index (χ1n) is 7.45. The molecule has 12 heteroatoms. The number of amidine groups is 1. The number of nitriles is 1. The second kappa shape index (κ2) is 9.58. The van der Waals surface area contributed by atoms with E-state index in [1.807, 2.05) is 0 Å². The van der Waals surface area contributed by atoms with E-state index >= 15 is 0 Å². The molecule has 0 fully saturated rings. The zero-order valence-electron chi connectivity index (χ0n) is 13.6. The molecule has 3 N–H and O–H groups in total. The molecule has 0 radical (unpaired) electrons. The van der Waals surface area contributed by atoms with Gasteiger partial charge in [0, 0.05) is 18.0 Å². The van der Waals surface area contributed by atoms with Crippen molar-refractivity contribution < 1.29 is 22.6 Å². The van der Waals surface area contributed by atoms with E-state index in [9.17, 15) is 18.0 Å². The van der Waals surface area contributed by atoms with Crippen LogP contribution in [0.3, 0.4) is 0 Å². The summed E-state index contributed by atoms with van der Waals surface area (Å²) in [6, 6.07) is 4.70. The number of thioether (sulfide) groups is 1. The Morgan fingerprint density at radius 3 is 2.89 bits per heavy atom. The van der Waals surface area contributed by atoms with E-state index in [1.165, 1.54) is 6.07 Å². The number of carbonyl (C=O) groups excluding carboxylic acids is 1. The van der Waals surface area contributed by atoms with Crippen molar-refractivity contribution in [3.05, 3.63) is 35.3 Å². The normalized spacial score (nSPS) is 10.5. The summed E-state index contributed by atoms with van der Waals surface area (Å²) in [4.78, 5) is 11.2. The second-order valence-electron chi connectivity index (χ2n) is 4.99. The predicted octanol–water partition coefficient (Wildman–Crippen LogP) is 2.71. The minimum absolute atomic E-state index is 0.0336. The van der Waals surface area contributed by atoms with Crippen LogP contribution < -0.4 is 10.6 Å². The van der Waals surface area contributed by atoms with Gasteiger partial charge >= 0.3 is 0 Å². The van der Waals surface area contributed by atoms with Crippen LogP contribution >= 0.6 is 11.8 Å². The van der Waals surface area contributed by atoms with E-state index in [0.717, 1.165) is 23.9 Å². The number of alkyl halides is 2. The van der Waals surface area contributed by atoms with Crippen LogP contribution in [0.25, 0.3) is 0 Å². The largest absolute Gasteiger partial charge is 0.354 e. The van der Waals surface area contributed by atoms with Crippen molar-refractivity contribution in [2.45, 2.75) is 17.9 Å². The van der Waals surface area contributed by atoms with Gasteiger partial charge in [-0.25, -0.2) is 17.8 Å². The average Bonchev–Trinajstić information content (AvgIpc) is 3.09. The fourth-order valence-electron chi connectivity index (χ4n) is 1.89. The Labute approximate surface area is 155 Å². The summed E-state index contributed by atoms with van der Waals surface area (Å²) in [5.74, 6) is -1.35. The fraction of sp³-hybridized carbons (Fsp3) is 0.267. The Balaban J connectivity index is 1.96. The Bertz CT molecular complexity index is 867. The van der Waals surface area contributed by atoms with E-state index in [0.29, 0.717) is 5.75 Å². The van der Waals surface area contributed by atoms with E-state index in [1.54, 1.807) is 6.07 Å². The van der Waals surface area contributed by atoms with Gasteiger partial charge in [-0.2, -0.15) is 5.26 Å². The molecule has 2 rings (SSSR count). The first kappa shape index (κ1) is 20.2. The highest BCUT2D eigenvalue weighted by molar-refractivity contribution is 7.99. The van der Waals surface area contributed by atoms with Gasteiger partial charge in [-0.3, -0.25) is 10.2 Å². The molecule has 27 heavy (non-hydrogen) atoms. The van der Waals surface area contributed by atoms with Gasteiger partial charge in [0.05, 0.1) is 11.6 Å². The van der Waals surface area contributed by atoms with E-state index in [2.05, 4.69) is 25.6 Å². The van der Waals surface area contributed by atoms with E-state index in [4.69, 9.17) is 10.7 Å². The molecule has 142 valence electrons. The second-order valence-corrected chi connectivity index (χ2v) is 6.07. The molecule has 0 bridgehead atoms. The van der Waals surface area contributed by atoms with Crippen molar-refractivity contribution in [2.24, 2.45) is 0 Å². The number of anilines is 1. The molecular weight excluding hydrogens is 385 g/mol. The number of rotatable bonds is 8. The molecule has 1 amide bonds. The van der Waals surface area contributed by atoms with Gasteiger partial charge in [-0.05, 0) is 28.5 Å². The lowest BCUT2D eigenvalue weighted by Gasteiger charge is -2.09. The molecule has 1 aromatic heterocycles. The Morgan fingerprint density at radius 2 is 2.19 bits per heavy atom. The number of halogens is 3. The van der Waals surface area contributed by atoms with Gasteiger partial charge in [0.1, 0.15) is 12.2 Å². The van der Waals surface area contributed by atoms with Crippen LogP contribution in [0.5, 0.6) is 0 Å². The van der Waals surface area contributed by atoms with Gasteiger partial charge in [-0.15, -0.1) is 0 Å². The summed E-state index contributed by atoms with van der Waals surface area (Å²) in [6.45, 7) is 0.258. The fourth-order valence-corrected chi connectivity index (χ4v) is 2.65. The summed E-state index contributed by atoms with van der Waals surface area (Å²) in [5, 5.41) is 28.9. The molecule has 0 atom stereocenters. The van der Waals surface area contributed by atoms with Gasteiger partial charge in [0.25, 0.3) is 6.43 Å². The van der Waals surface area contributed by atoms with Crippen LogP contribution in [0.4, 0.5) is 18.9 Å². The van der Waals surface area contributed by atoms with Gasteiger partial charge < -0.3 is 10.6 Å². The molecule has 2 aromatic rings. The lowest BCUT2D eigenvalue weighted by Crippen LogP contribution is -2.25. The maximum Gasteiger partial charge on any atom is 0.266 e. The summed E-state index contributed by atoms with van der Waals surface area (Å²) >= 11 is 1.14. The van der Waals surface area contributed by atoms with Crippen LogP contribution in [-0.2, 0) is 4.79 Å². The number of aromatic nitrogens is 2. The first-order valence-corrected chi connectivity index (χ1v) is 8.43. The Hall–Kier alpha value is -3.07. The van der Waals surface area contributed by atoms with Gasteiger partial charge in [0.15, 0.2) is 16.6 Å². The minimum Gasteiger partial charge on any atom is -0.354 e. The predicted molar refractivity (Wildman–Crippen MR) is 90.1 cm³/mol. The first-order chi connectivity index (χ1) is 12.9. The SMILES string of the molecule is N#CCC(=O)NCCSc1nonc1C(=N)Nc1ccc(F)c(C(F)F)c1. The molecule has 0 aliphatic heterocycles. The quantitative estimate of drug-likeness (QED) is 0.270. The molecular formula is C15H13F3N6O2S. The lowest BCUT2D eigenvalue weighted by atomic mass is 10.2. The van der Waals surface area contributed by atoms with E-state index < -0.39 is 23.7 Å². The Kier molecular flexibility index (Phi) is 7.18. The number of hydrogen-bond acceptors (Lipinski definition) is 7. The number of amides is 1. The molecule has 0 unspecified atom stereocenters. The van der Waals surface area contributed by atoms with Crippen LogP contribution in [-0.4, -0.2) is 34.4 Å². The van der Waals surface area contributed by atoms with Crippen molar-refractivity contribution in [1.82, 2.24) is 15.6 Å². The van der Waals surface area contributed by atoms with Gasteiger partial charge in [-0.1, -0.05) is 11.8 Å². The number of carbonyl (C=O) groups is 1. The van der Waals surface area contributed by atoms with Crippen molar-refractivity contribution in [3.63, 3.8) is 0 Å². The van der Waals surface area contributed by atoms with Crippen molar-refractivity contribution >= 4 is 29.2 Å². The molecule has 1 heterocycles. The third-order valence-corrected chi connectivity index (χ3v) is 4.05. The monoisotopic (exact) mass is 398 g/mol. The van der Waals surface area contributed by atoms with Crippen LogP contribution in [0.2, 0.25) is 0 Å². The van der Waals surface area contributed by atoms with Crippen LogP contribution in [0.1, 0.15) is 24.1 Å². The number of benzene rings is 1. The molecule has 0 aliphatic carbocycles. The summed E-state index contributed by atoms with van der Waals surface area (Å²) in [5.41, 5.74) is -0.667. The smallest absolute Gasteiger partial charge is 0.266 e. The molecule has 0 saturated heterocycles. The molecule has 8 nitrogen and oxygen atoms in total. The molecule has 1 aromatic carbocycles. The Morgan fingerprint density at radius 1 is 1.41 bits per heavy atom. The standard InChI is InChI=1S/C15H13F3N6O2S/c16-10-2-1-8(7-9(10)13(17)18)22-14(20)12-15(24-26-23-12)27-6-5-21-11(25)3-4-19/h1-2,7,13H,3,5-6H2,(H2,20,22)(H,21,25). The molecule has 0 aliphatic rings. The lowest BCUT2D eigenvalue weighted by molar-refractivity contribution is -0.119. The summed E-state index contributed by atoms with van der Waals surface area (Å²) in [7, 11) is 0. The van der Waals surface area contributed by atoms with Crippen LogP contribution in [0, 0.1) is 22.6 Å². The van der Waals surface area contributed by atoms with Crippen LogP contribution in [0.15, 0.2) is 27.9 Å². The number of hydrogen-bond donors (Lipinski definition) is 3. The maximum absolute atomic E-state index is 13.3. The third kappa shape index (κ3) is 5.71.